The van der Waals surface area contributed by atoms with Gasteiger partial charge in [0.15, 0.2) is 0 Å². The molecule has 0 saturated carbocycles. The lowest BCUT2D eigenvalue weighted by molar-refractivity contribution is -0.117. The highest BCUT2D eigenvalue weighted by Gasteiger charge is 2.42. The third kappa shape index (κ3) is 2.61. The van der Waals surface area contributed by atoms with Crippen molar-refractivity contribution in [3.8, 4) is 11.5 Å². The topological polar surface area (TPSA) is 76.7 Å². The molecule has 0 fully saturated rings. The quantitative estimate of drug-likeness (QED) is 0.849. The van der Waals surface area contributed by atoms with Crippen LogP contribution in [0.15, 0.2) is 47.5 Å². The number of carbonyl (C=O) groups excluding carboxylic acids is 2. The Bertz CT molecular complexity index is 1020. The van der Waals surface area contributed by atoms with Crippen molar-refractivity contribution in [2.24, 2.45) is 0 Å². The molecule has 2 amide bonds. The van der Waals surface area contributed by atoms with Crippen molar-refractivity contribution in [3.63, 3.8) is 0 Å². The molecule has 2 N–H and O–H groups in total. The van der Waals surface area contributed by atoms with Gasteiger partial charge in [0.25, 0.3) is 11.8 Å². The molecule has 4 rings (SSSR count). The van der Waals surface area contributed by atoms with Crippen LogP contribution in [0.3, 0.4) is 0 Å². The van der Waals surface area contributed by atoms with E-state index in [4.69, 9.17) is 9.47 Å². The van der Waals surface area contributed by atoms with Gasteiger partial charge in [-0.15, -0.1) is 0 Å². The Morgan fingerprint density at radius 2 is 1.11 bits per heavy atom. The highest BCUT2D eigenvalue weighted by atomic mass is 19.1. The number of hydrogen-bond acceptors (Lipinski definition) is 4. The van der Waals surface area contributed by atoms with E-state index < -0.39 is 23.4 Å². The van der Waals surface area contributed by atoms with Gasteiger partial charge in [-0.05, 0) is 36.4 Å². The lowest BCUT2D eigenvalue weighted by Crippen LogP contribution is -2.22. The molecule has 0 spiro atoms. The Kier molecular flexibility index (Phi) is 4.11. The van der Waals surface area contributed by atoms with Crippen LogP contribution in [0.2, 0.25) is 0 Å². The lowest BCUT2D eigenvalue weighted by Gasteiger charge is -2.12. The first-order chi connectivity index (χ1) is 13.4. The SMILES string of the molecule is COc1ccc(F)cc1C1=C2C(=O)NC(c3cc(F)ccc3OC)=C2C(=O)N1. The predicted octanol–water partition coefficient (Wildman–Crippen LogP) is 2.36. The molecule has 0 aromatic heterocycles. The fourth-order valence-electron chi connectivity index (χ4n) is 3.34. The molecule has 0 aliphatic carbocycles. The van der Waals surface area contributed by atoms with Gasteiger partial charge < -0.3 is 20.1 Å². The Morgan fingerprint density at radius 1 is 0.714 bits per heavy atom. The van der Waals surface area contributed by atoms with Crippen molar-refractivity contribution in [3.05, 3.63) is 70.3 Å². The van der Waals surface area contributed by atoms with E-state index in [1.165, 1.54) is 50.6 Å². The summed E-state index contributed by atoms with van der Waals surface area (Å²) in [6.45, 7) is 0. The van der Waals surface area contributed by atoms with E-state index in [0.29, 0.717) is 0 Å². The first-order valence-corrected chi connectivity index (χ1v) is 8.24. The van der Waals surface area contributed by atoms with E-state index in [2.05, 4.69) is 10.6 Å². The summed E-state index contributed by atoms with van der Waals surface area (Å²) in [5, 5.41) is 5.19. The molecule has 28 heavy (non-hydrogen) atoms. The lowest BCUT2D eigenvalue weighted by atomic mass is 10.0. The van der Waals surface area contributed by atoms with Crippen LogP contribution in [-0.4, -0.2) is 26.0 Å². The van der Waals surface area contributed by atoms with Crippen molar-refractivity contribution in [2.75, 3.05) is 14.2 Å². The van der Waals surface area contributed by atoms with Crippen LogP contribution in [0, 0.1) is 11.6 Å². The average molecular weight is 384 g/mol. The minimum Gasteiger partial charge on any atom is -0.496 e. The molecule has 2 aromatic rings. The zero-order valence-electron chi connectivity index (χ0n) is 14.9. The summed E-state index contributed by atoms with van der Waals surface area (Å²) in [5.74, 6) is -1.68. The Labute approximate surface area is 158 Å². The molecule has 0 radical (unpaired) electrons. The molecule has 8 heteroatoms. The smallest absolute Gasteiger partial charge is 0.258 e. The Balaban J connectivity index is 1.97. The van der Waals surface area contributed by atoms with Crippen molar-refractivity contribution >= 4 is 23.2 Å². The van der Waals surface area contributed by atoms with Crippen molar-refractivity contribution < 1.29 is 27.8 Å². The third-order valence-electron chi connectivity index (χ3n) is 4.54. The molecule has 0 bridgehead atoms. The van der Waals surface area contributed by atoms with Gasteiger partial charge in [-0.3, -0.25) is 9.59 Å². The van der Waals surface area contributed by atoms with Crippen LogP contribution >= 0.6 is 0 Å². The third-order valence-corrected chi connectivity index (χ3v) is 4.54. The van der Waals surface area contributed by atoms with E-state index in [-0.39, 0.29) is 45.2 Å². The van der Waals surface area contributed by atoms with Crippen LogP contribution < -0.4 is 20.1 Å². The summed E-state index contributed by atoms with van der Waals surface area (Å²) >= 11 is 0. The maximum absolute atomic E-state index is 13.8. The zero-order valence-corrected chi connectivity index (χ0v) is 14.9. The Morgan fingerprint density at radius 3 is 1.46 bits per heavy atom. The molecule has 2 heterocycles. The minimum atomic E-state index is -0.573. The van der Waals surface area contributed by atoms with E-state index in [0.717, 1.165) is 0 Å². The second kappa shape index (κ2) is 6.49. The van der Waals surface area contributed by atoms with E-state index in [1.807, 2.05) is 0 Å². The van der Waals surface area contributed by atoms with Gasteiger partial charge in [0.05, 0.1) is 36.8 Å². The maximum atomic E-state index is 13.8. The molecule has 6 nitrogen and oxygen atoms in total. The Hall–Kier alpha value is -3.68. The fraction of sp³-hybridized carbons (Fsp3) is 0.100. The van der Waals surface area contributed by atoms with Crippen LogP contribution in [0.4, 0.5) is 8.78 Å². The van der Waals surface area contributed by atoms with Gasteiger partial charge in [0.1, 0.15) is 23.1 Å². The fourth-order valence-corrected chi connectivity index (χ4v) is 3.34. The van der Waals surface area contributed by atoms with E-state index in [9.17, 15) is 18.4 Å². The molecule has 2 aliphatic heterocycles. The number of amides is 2. The normalized spacial score (nSPS) is 15.6. The second-order valence-corrected chi connectivity index (χ2v) is 6.10. The highest BCUT2D eigenvalue weighted by Crippen LogP contribution is 2.41. The molecule has 0 atom stereocenters. The first-order valence-electron chi connectivity index (χ1n) is 8.24. The molecule has 0 saturated heterocycles. The summed E-state index contributed by atoms with van der Waals surface area (Å²) in [4.78, 5) is 25.3. The van der Waals surface area contributed by atoms with Gasteiger partial charge in [-0.25, -0.2) is 8.78 Å². The van der Waals surface area contributed by atoms with Crippen LogP contribution in [-0.2, 0) is 9.59 Å². The van der Waals surface area contributed by atoms with Crippen LogP contribution in [0.1, 0.15) is 11.1 Å². The standard InChI is InChI=1S/C20H14F2N2O4/c1-27-13-5-3-9(21)7-11(13)17-15-16(20(26)23-17)18(24-19(15)25)12-8-10(22)4-6-14(12)28-2/h3-8H,1-2H3,(H,23,26)(H,24,25). The number of methoxy groups -OCH3 is 2. The number of rotatable bonds is 4. The average Bonchev–Trinajstić information content (AvgIpc) is 3.20. The van der Waals surface area contributed by atoms with E-state index >= 15 is 0 Å². The summed E-state index contributed by atoms with van der Waals surface area (Å²) in [6.07, 6.45) is 0. The number of fused-ring (bicyclic) bond motifs is 1. The van der Waals surface area contributed by atoms with Gasteiger partial charge in [-0.1, -0.05) is 0 Å². The summed E-state index contributed by atoms with van der Waals surface area (Å²) in [5.41, 5.74) is 0.774. The number of carbonyl (C=O) groups is 2. The largest absolute Gasteiger partial charge is 0.496 e. The molecule has 142 valence electrons. The minimum absolute atomic E-state index is 0.0372. The molecular weight excluding hydrogens is 370 g/mol. The molecule has 2 aromatic carbocycles. The highest BCUT2D eigenvalue weighted by molar-refractivity contribution is 6.30. The zero-order chi connectivity index (χ0) is 20.0. The van der Waals surface area contributed by atoms with Crippen molar-refractivity contribution in [2.45, 2.75) is 0 Å². The summed E-state index contributed by atoms with van der Waals surface area (Å²) < 4.78 is 38.0. The number of nitrogens with one attached hydrogen (secondary N) is 2. The predicted molar refractivity (Wildman–Crippen MR) is 96.0 cm³/mol. The molecular formula is C20H14F2N2O4. The molecule has 0 unspecified atom stereocenters. The van der Waals surface area contributed by atoms with Crippen LogP contribution in [0.5, 0.6) is 11.5 Å². The summed E-state index contributed by atoms with van der Waals surface area (Å²) in [6, 6.07) is 7.54. The number of ether oxygens (including phenoxy) is 2. The van der Waals surface area contributed by atoms with Gasteiger partial charge in [0.2, 0.25) is 0 Å². The molecule has 2 aliphatic rings. The van der Waals surface area contributed by atoms with Crippen molar-refractivity contribution in [1.82, 2.24) is 10.6 Å². The van der Waals surface area contributed by atoms with E-state index in [1.54, 1.807) is 0 Å². The van der Waals surface area contributed by atoms with Gasteiger partial charge >= 0.3 is 0 Å². The maximum Gasteiger partial charge on any atom is 0.258 e. The summed E-state index contributed by atoms with van der Waals surface area (Å²) in [7, 11) is 2.79. The number of benzene rings is 2. The monoisotopic (exact) mass is 384 g/mol. The second-order valence-electron chi connectivity index (χ2n) is 6.10. The van der Waals surface area contributed by atoms with Gasteiger partial charge in [0, 0.05) is 11.1 Å². The number of hydrogen-bond donors (Lipinski definition) is 2. The number of halogens is 2. The van der Waals surface area contributed by atoms with Gasteiger partial charge in [-0.2, -0.15) is 0 Å². The van der Waals surface area contributed by atoms with Crippen molar-refractivity contribution in [1.29, 1.82) is 0 Å². The van der Waals surface area contributed by atoms with Crippen LogP contribution in [0.25, 0.3) is 11.4 Å². The first kappa shape index (κ1) is 17.7.